The molecule has 8 N–H and O–H groups in total. The number of azo groups is 4. The quantitative estimate of drug-likeness (QED) is 0.00830. The average Bonchev–Trinajstić information content (AvgIpc) is 3.59. The van der Waals surface area contributed by atoms with Crippen LogP contribution < -0.4 is 15.8 Å². The number of aliphatic imine (C=N–C) groups is 1. The van der Waals surface area contributed by atoms with Crippen molar-refractivity contribution in [3.05, 3.63) is 91.0 Å². The standard InChI is InChI=1S/C42H37Br2N11O19S5/c1-72-21-46-31-18-33(35(73-2)19-32(31)51-50-30-11-8-25(16-37(30)77(63,64)65)75(58,59)14-13-74-79(69,70)71)52-55-40-38(78(66,67)68)17-27-26(41(40)56)9-10-29(45)39(27)54-49-23-5-3-22(4-6-23)48-53-34-15-24(47-42(57)28(44)20-43)7-12-36(34)76(60,61)62/h3-12,15-19,21,28,56H,13-14,20,45H2,1-2H3,(H,47,57)(H,60,61,62)(H,63,64,65)(H,66,67,68)(H,69,70,71). The van der Waals surface area contributed by atoms with Crippen molar-refractivity contribution in [2.45, 2.75) is 24.4 Å². The summed E-state index contributed by atoms with van der Waals surface area (Å²) >= 11 is 6.35. The number of carbonyl (C=O) groups is 1. The van der Waals surface area contributed by atoms with Crippen LogP contribution in [0.15, 0.2) is 156 Å². The Morgan fingerprint density at radius 3 is 1.82 bits per heavy atom. The molecule has 1 amide bonds. The van der Waals surface area contributed by atoms with E-state index in [1.165, 1.54) is 55.6 Å². The number of hydrogen-bond acceptors (Lipinski definition) is 25. The van der Waals surface area contributed by atoms with Crippen LogP contribution in [0, 0.1) is 0 Å². The first-order chi connectivity index (χ1) is 36.9. The van der Waals surface area contributed by atoms with Gasteiger partial charge in [-0.2, -0.15) is 43.9 Å². The number of nitrogens with zero attached hydrogens (tertiary/aromatic N) is 9. The van der Waals surface area contributed by atoms with Crippen LogP contribution >= 0.6 is 31.9 Å². The van der Waals surface area contributed by atoms with E-state index in [1.807, 2.05) is 0 Å². The number of anilines is 2. The van der Waals surface area contributed by atoms with Crippen molar-refractivity contribution in [2.24, 2.45) is 45.9 Å². The van der Waals surface area contributed by atoms with E-state index in [0.29, 0.717) is 6.07 Å². The van der Waals surface area contributed by atoms with Crippen LogP contribution in [0.4, 0.5) is 62.6 Å². The van der Waals surface area contributed by atoms with Crippen molar-refractivity contribution < 1.29 is 83.9 Å². The minimum atomic E-state index is -5.26. The van der Waals surface area contributed by atoms with Crippen molar-refractivity contribution in [2.75, 3.05) is 43.0 Å². The highest BCUT2D eigenvalue weighted by molar-refractivity contribution is 9.12. The smallest absolute Gasteiger partial charge is 0.397 e. The van der Waals surface area contributed by atoms with Gasteiger partial charge in [-0.1, -0.05) is 31.9 Å². The van der Waals surface area contributed by atoms with E-state index < -0.39 is 110 Å². The molecule has 418 valence electrons. The number of ether oxygens (including phenoxy) is 2. The summed E-state index contributed by atoms with van der Waals surface area (Å²) in [4.78, 5) is 12.4. The molecular formula is C42H37Br2N11O19S5. The van der Waals surface area contributed by atoms with Gasteiger partial charge in [0.15, 0.2) is 22.0 Å². The number of aromatic hydroxyl groups is 1. The summed E-state index contributed by atoms with van der Waals surface area (Å²) in [5, 5.41) is 46.2. The van der Waals surface area contributed by atoms with Gasteiger partial charge < -0.3 is 25.6 Å². The number of amides is 1. The predicted octanol–water partition coefficient (Wildman–Crippen LogP) is 9.53. The molecule has 0 bridgehead atoms. The lowest BCUT2D eigenvalue weighted by molar-refractivity contribution is -0.115. The summed E-state index contributed by atoms with van der Waals surface area (Å²) in [7, 11) is -22.4. The van der Waals surface area contributed by atoms with E-state index in [0.717, 1.165) is 49.9 Å². The molecule has 6 rings (SSSR count). The zero-order valence-corrected chi connectivity index (χ0v) is 47.0. The number of alkyl halides is 2. The van der Waals surface area contributed by atoms with Gasteiger partial charge in [-0.3, -0.25) is 23.0 Å². The van der Waals surface area contributed by atoms with Gasteiger partial charge in [0, 0.05) is 27.9 Å². The average molecular weight is 1320 g/mol. The molecule has 37 heteroatoms. The number of nitrogens with two attached hydrogens (primary N) is 1. The van der Waals surface area contributed by atoms with Crippen LogP contribution in [0.1, 0.15) is 0 Å². The maximum absolute atomic E-state index is 12.9. The molecule has 1 unspecified atom stereocenters. The molecule has 0 aromatic heterocycles. The molecule has 79 heavy (non-hydrogen) atoms. The molecule has 0 fully saturated rings. The number of sulfone groups is 1. The Labute approximate surface area is 464 Å². The van der Waals surface area contributed by atoms with Crippen LogP contribution in [-0.4, -0.2) is 114 Å². The highest BCUT2D eigenvalue weighted by Gasteiger charge is 2.26. The van der Waals surface area contributed by atoms with E-state index >= 15 is 0 Å². The monoisotopic (exact) mass is 1320 g/mol. The molecule has 1 atom stereocenters. The number of nitrogen functional groups attached to an aromatic ring is 1. The van der Waals surface area contributed by atoms with E-state index in [-0.39, 0.29) is 73.0 Å². The number of nitrogens with one attached hydrogen (secondary N) is 1. The second-order valence-corrected chi connectivity index (χ2v) is 24.5. The van der Waals surface area contributed by atoms with Crippen molar-refractivity contribution in [3.63, 3.8) is 0 Å². The van der Waals surface area contributed by atoms with Crippen LogP contribution in [0.2, 0.25) is 0 Å². The lowest BCUT2D eigenvalue weighted by Gasteiger charge is -2.12. The molecule has 0 aliphatic rings. The second-order valence-electron chi connectivity index (χ2n) is 15.4. The fraction of sp³-hybridized carbons (Fsp3) is 0.143. The van der Waals surface area contributed by atoms with Gasteiger partial charge in [0.05, 0.1) is 54.2 Å². The first kappa shape index (κ1) is 61.0. The van der Waals surface area contributed by atoms with Gasteiger partial charge in [-0.25, -0.2) is 17.6 Å². The molecule has 0 spiro atoms. The fourth-order valence-corrected chi connectivity index (χ4v) is 10.3. The highest BCUT2D eigenvalue weighted by atomic mass is 79.9. The number of phenolic OH excluding ortho intramolecular Hbond substituents is 1. The number of hydrogen-bond donors (Lipinski definition) is 7. The summed E-state index contributed by atoms with van der Waals surface area (Å²) in [5.41, 5.74) is 4.08. The molecular weight excluding hydrogens is 1280 g/mol. The van der Waals surface area contributed by atoms with Crippen LogP contribution in [-0.2, 0) is 64.3 Å². The van der Waals surface area contributed by atoms with Crippen molar-refractivity contribution in [1.29, 1.82) is 0 Å². The SMILES string of the molecule is COC=Nc1cc(N=Nc2c(S(=O)(=O)O)cc3c(N=Nc4ccc(N=Nc5cc(NC(=O)C(Br)CBr)ccc5S(=O)(=O)O)cc4)c(N)ccc3c2O)c(OC)cc1N=Nc1ccc(S(=O)(=O)CCOS(=O)(=O)O)cc1S(=O)(=O)O. The van der Waals surface area contributed by atoms with E-state index in [2.05, 4.69) is 87.3 Å². The Kier molecular flexibility index (Phi) is 19.2. The second kappa shape index (κ2) is 24.9. The van der Waals surface area contributed by atoms with Gasteiger partial charge >= 0.3 is 10.4 Å². The fourth-order valence-electron chi connectivity index (χ4n) is 6.45. The molecule has 0 radical (unpaired) electrons. The summed E-state index contributed by atoms with van der Waals surface area (Å²) in [6.45, 7) is -1.05. The highest BCUT2D eigenvalue weighted by Crippen LogP contribution is 2.48. The third-order valence-electron chi connectivity index (χ3n) is 10.1. The summed E-state index contributed by atoms with van der Waals surface area (Å²) in [5.74, 6) is -2.55. The first-order valence-electron chi connectivity index (χ1n) is 21.1. The number of fused-ring (bicyclic) bond motifs is 1. The number of carbonyl (C=O) groups excluding carboxylic acids is 1. The lowest BCUT2D eigenvalue weighted by atomic mass is 10.1. The van der Waals surface area contributed by atoms with E-state index in [9.17, 15) is 65.6 Å². The van der Waals surface area contributed by atoms with Crippen molar-refractivity contribution in [3.8, 4) is 11.5 Å². The van der Waals surface area contributed by atoms with Crippen LogP contribution in [0.25, 0.3) is 10.8 Å². The third-order valence-corrected chi connectivity index (χ3v) is 17.1. The molecule has 30 nitrogen and oxygen atoms in total. The Bertz CT molecular complexity index is 4130. The predicted molar refractivity (Wildman–Crippen MR) is 288 cm³/mol. The molecule has 6 aromatic rings. The van der Waals surface area contributed by atoms with Crippen LogP contribution in [0.5, 0.6) is 11.5 Å². The topological polar surface area (TPSA) is 466 Å². The van der Waals surface area contributed by atoms with Gasteiger partial charge in [-0.05, 0) is 84.9 Å². The Balaban J connectivity index is 1.33. The zero-order valence-electron chi connectivity index (χ0n) is 39.8. The third kappa shape index (κ3) is 15.8. The Hall–Kier alpha value is -7.17. The number of methoxy groups -OCH3 is 2. The zero-order chi connectivity index (χ0) is 58.3. The molecule has 0 saturated heterocycles. The minimum Gasteiger partial charge on any atom is -0.505 e. The molecule has 0 heterocycles. The Morgan fingerprint density at radius 1 is 0.633 bits per heavy atom. The number of halogens is 2. The Morgan fingerprint density at radius 2 is 1.23 bits per heavy atom. The van der Waals surface area contributed by atoms with Crippen molar-refractivity contribution >= 4 is 168 Å². The van der Waals surface area contributed by atoms with Gasteiger partial charge in [0.1, 0.15) is 59.4 Å². The molecule has 0 aliphatic carbocycles. The van der Waals surface area contributed by atoms with Crippen LogP contribution in [0.3, 0.4) is 0 Å². The summed E-state index contributed by atoms with van der Waals surface area (Å²) < 4.78 is 175. The maximum atomic E-state index is 12.9. The summed E-state index contributed by atoms with van der Waals surface area (Å²) in [6.07, 6.45) is 0.913. The van der Waals surface area contributed by atoms with E-state index in [1.54, 1.807) is 0 Å². The van der Waals surface area contributed by atoms with Gasteiger partial charge in [0.2, 0.25) is 5.91 Å². The van der Waals surface area contributed by atoms with Crippen molar-refractivity contribution in [1.82, 2.24) is 0 Å². The minimum absolute atomic E-state index is 0.0732. The van der Waals surface area contributed by atoms with Gasteiger partial charge in [-0.15, -0.1) is 30.7 Å². The molecule has 0 saturated carbocycles. The maximum Gasteiger partial charge on any atom is 0.397 e. The number of benzene rings is 6. The largest absolute Gasteiger partial charge is 0.505 e. The first-order valence-corrected chi connectivity index (χ1v) is 30.5. The lowest BCUT2D eigenvalue weighted by Crippen LogP contribution is -2.23. The normalized spacial score (nSPS) is 13.4. The summed E-state index contributed by atoms with van der Waals surface area (Å²) in [6, 6.07) is 17.0. The van der Waals surface area contributed by atoms with E-state index in [4.69, 9.17) is 19.8 Å². The molecule has 0 aliphatic heterocycles. The molecule has 6 aromatic carbocycles. The number of rotatable bonds is 22. The van der Waals surface area contributed by atoms with Gasteiger partial charge in [0.25, 0.3) is 30.4 Å². The number of phenols is 1.